The molecule has 0 atom stereocenters. The largest absolute Gasteiger partial charge is 0.557 e. The Balaban J connectivity index is 0.000000214. The maximum atomic E-state index is 8.68. The summed E-state index contributed by atoms with van der Waals surface area (Å²) in [7, 11) is -1.34. The predicted octanol–water partition coefficient (Wildman–Crippen LogP) is 13.0. The number of imidazole rings is 1. The number of hydrogen-bond acceptors (Lipinski definition) is 4. The van der Waals surface area contributed by atoms with Crippen LogP contribution in [0.3, 0.4) is 0 Å². The van der Waals surface area contributed by atoms with Gasteiger partial charge in [-0.05, 0) is 65.3 Å². The normalized spacial score (nSPS) is 12.8. The molecule has 291 valence electrons. The predicted molar refractivity (Wildman–Crippen MR) is 236 cm³/mol. The van der Waals surface area contributed by atoms with E-state index in [1.54, 1.807) is 6.07 Å². The van der Waals surface area contributed by atoms with Gasteiger partial charge in [-0.25, -0.2) is 0 Å². The third-order valence-corrected chi connectivity index (χ3v) is 11.9. The minimum atomic E-state index is -1.52. The SMILES string of the molecule is CC(C)Cc1cc(-c2[c-]cccc2)ncc1[Si](C)(C)C.[2H]C([2H])(c1ccc2c(-c3nc4ccccc4n3-c3ccc4c(c3)oc3ccccc34)[c-]oc2c1)C(C)(C)C.[Ir]. The van der Waals surface area contributed by atoms with E-state index >= 15 is 0 Å². The van der Waals surface area contributed by atoms with Crippen LogP contribution in [0, 0.1) is 23.7 Å². The quantitative estimate of drug-likeness (QED) is 0.118. The molecule has 0 saturated heterocycles. The first kappa shape index (κ1) is 37.5. The summed E-state index contributed by atoms with van der Waals surface area (Å²) in [5.41, 5.74) is 9.32. The molecule has 0 saturated carbocycles. The Morgan fingerprint density at radius 2 is 1.54 bits per heavy atom. The second kappa shape index (κ2) is 16.1. The van der Waals surface area contributed by atoms with Gasteiger partial charge in [-0.3, -0.25) is 4.98 Å². The first-order chi connectivity index (χ1) is 27.6. The first-order valence-corrected chi connectivity index (χ1v) is 22.9. The van der Waals surface area contributed by atoms with Crippen LogP contribution in [0.1, 0.15) is 48.5 Å². The van der Waals surface area contributed by atoms with Crippen LogP contribution in [0.4, 0.5) is 0 Å². The number of nitrogens with zero attached hydrogens (tertiary/aromatic N) is 3. The minimum Gasteiger partial charge on any atom is -0.557 e. The zero-order chi connectivity index (χ0) is 41.0. The molecule has 9 rings (SSSR count). The molecule has 0 aliphatic rings. The molecule has 9 aromatic rings. The molecule has 1 radical (unpaired) electrons. The van der Waals surface area contributed by atoms with E-state index < -0.39 is 19.9 Å². The molecule has 4 aromatic heterocycles. The van der Waals surface area contributed by atoms with E-state index in [0.717, 1.165) is 67.3 Å². The van der Waals surface area contributed by atoms with E-state index in [1.165, 1.54) is 10.8 Å². The summed E-state index contributed by atoms with van der Waals surface area (Å²) in [6.45, 7) is 17.4. The van der Waals surface area contributed by atoms with E-state index in [0.29, 0.717) is 22.9 Å². The van der Waals surface area contributed by atoms with Crippen molar-refractivity contribution in [2.45, 2.75) is 67.1 Å². The fraction of sp³-hybridized carbons (Fsp3) is 0.240. The van der Waals surface area contributed by atoms with Gasteiger partial charge in [-0.15, -0.1) is 42.0 Å². The molecule has 0 N–H and O–H groups in total. The van der Waals surface area contributed by atoms with Gasteiger partial charge in [0, 0.05) is 63.4 Å². The Morgan fingerprint density at radius 3 is 2.30 bits per heavy atom. The van der Waals surface area contributed by atoms with Crippen LogP contribution < -0.4 is 5.19 Å². The molecule has 7 heteroatoms. The number of aromatic nitrogens is 3. The number of pyridine rings is 1. The molecule has 0 aliphatic heterocycles. The average Bonchev–Trinajstić information content (AvgIpc) is 3.90. The molecular formula is C50H49IrN3O2Si-2. The van der Waals surface area contributed by atoms with Crippen molar-refractivity contribution in [3.05, 3.63) is 145 Å². The van der Waals surface area contributed by atoms with Crippen LogP contribution in [-0.4, -0.2) is 22.6 Å². The first-order valence-electron chi connectivity index (χ1n) is 20.4. The van der Waals surface area contributed by atoms with E-state index in [4.69, 9.17) is 16.6 Å². The minimum absolute atomic E-state index is 0. The molecular weight excluding hydrogens is 895 g/mol. The van der Waals surface area contributed by atoms with Gasteiger partial charge in [-0.2, -0.15) is 0 Å². The number of rotatable bonds is 7. The van der Waals surface area contributed by atoms with Gasteiger partial charge in [0.15, 0.2) is 0 Å². The molecule has 0 fully saturated rings. The standard InChI is InChI=1S/C32H25N2O2.C18H24NSi.Ir/c1-32(2,3)18-20-12-14-24-25(19-35-29(24)16-20)31-33-26-9-5-6-10-27(26)34(31)21-13-15-23-22-8-4-7-11-28(22)36-30(23)17-21;1-14(2)11-16-12-17(15-9-7-6-8-10-15)19-13-18(16)20(3,4)5;/h4-17H,18H2,1-3H3;6-9,12-14H,11H2,1-5H3;/q2*-1;/i18D2;;. The van der Waals surface area contributed by atoms with Crippen molar-refractivity contribution in [3.63, 3.8) is 0 Å². The summed E-state index contributed by atoms with van der Waals surface area (Å²) in [4.78, 5) is 9.67. The summed E-state index contributed by atoms with van der Waals surface area (Å²) in [6.07, 6.45) is 4.79. The Morgan fingerprint density at radius 1 is 0.807 bits per heavy atom. The fourth-order valence-electron chi connectivity index (χ4n) is 7.44. The second-order valence-corrected chi connectivity index (χ2v) is 22.1. The van der Waals surface area contributed by atoms with Gasteiger partial charge in [0.25, 0.3) is 0 Å². The van der Waals surface area contributed by atoms with E-state index in [9.17, 15) is 0 Å². The van der Waals surface area contributed by atoms with Gasteiger partial charge in [0.05, 0.1) is 24.9 Å². The van der Waals surface area contributed by atoms with Crippen molar-refractivity contribution in [1.82, 2.24) is 14.5 Å². The Hall–Kier alpha value is -5.07. The Labute approximate surface area is 353 Å². The van der Waals surface area contributed by atoms with Crippen LogP contribution in [0.2, 0.25) is 19.6 Å². The molecule has 0 aliphatic carbocycles. The summed E-state index contributed by atoms with van der Waals surface area (Å²) >= 11 is 0. The smallest absolute Gasteiger partial charge is 0.137 e. The molecule has 4 heterocycles. The van der Waals surface area contributed by atoms with Crippen molar-refractivity contribution in [2.24, 2.45) is 11.3 Å². The van der Waals surface area contributed by atoms with E-state index in [-0.39, 0.29) is 20.1 Å². The maximum Gasteiger partial charge on any atom is 0.137 e. The van der Waals surface area contributed by atoms with Crippen molar-refractivity contribution < 1.29 is 31.7 Å². The summed E-state index contributed by atoms with van der Waals surface area (Å²) in [5, 5.41) is 4.48. The number of fused-ring (bicyclic) bond motifs is 5. The van der Waals surface area contributed by atoms with Crippen molar-refractivity contribution in [3.8, 4) is 28.3 Å². The molecule has 5 nitrogen and oxygen atoms in total. The average molecular weight is 946 g/mol. The van der Waals surface area contributed by atoms with Gasteiger partial charge in [-0.1, -0.05) is 125 Å². The van der Waals surface area contributed by atoms with E-state index in [1.807, 2.05) is 99.6 Å². The van der Waals surface area contributed by atoms with Crippen LogP contribution in [0.5, 0.6) is 0 Å². The van der Waals surface area contributed by atoms with Crippen molar-refractivity contribution in [1.29, 1.82) is 0 Å². The number of hydrogen-bond donors (Lipinski definition) is 0. The maximum absolute atomic E-state index is 8.68. The molecule has 57 heavy (non-hydrogen) atoms. The van der Waals surface area contributed by atoms with Crippen LogP contribution in [0.25, 0.3) is 72.3 Å². The number of para-hydroxylation sites is 3. The zero-order valence-electron chi connectivity index (χ0n) is 35.8. The van der Waals surface area contributed by atoms with Gasteiger partial charge < -0.3 is 18.4 Å². The fourth-order valence-corrected chi connectivity index (χ4v) is 9.03. The second-order valence-electron chi connectivity index (χ2n) is 17.1. The molecule has 0 amide bonds. The molecule has 0 bridgehead atoms. The number of benzene rings is 5. The van der Waals surface area contributed by atoms with Crippen LogP contribution in [-0.2, 0) is 32.9 Å². The Kier molecular flexibility index (Phi) is 10.6. The van der Waals surface area contributed by atoms with Crippen molar-refractivity contribution in [2.75, 3.05) is 0 Å². The molecule has 0 unspecified atom stereocenters. The van der Waals surface area contributed by atoms with Gasteiger partial charge in [0.2, 0.25) is 0 Å². The van der Waals surface area contributed by atoms with Gasteiger partial charge in [0.1, 0.15) is 11.2 Å². The zero-order valence-corrected chi connectivity index (χ0v) is 37.2. The van der Waals surface area contributed by atoms with E-state index in [2.05, 4.69) is 91.9 Å². The van der Waals surface area contributed by atoms with Crippen LogP contribution >= 0.6 is 0 Å². The van der Waals surface area contributed by atoms with Gasteiger partial charge >= 0.3 is 0 Å². The summed E-state index contributed by atoms with van der Waals surface area (Å²) < 4.78 is 31.5. The third-order valence-electron chi connectivity index (χ3n) is 9.85. The third kappa shape index (κ3) is 8.48. The summed E-state index contributed by atoms with van der Waals surface area (Å²) in [6, 6.07) is 41.4. The number of furan rings is 2. The van der Waals surface area contributed by atoms with Crippen molar-refractivity contribution >= 4 is 57.2 Å². The molecule has 0 spiro atoms. The Bertz CT molecular complexity index is 2920. The summed E-state index contributed by atoms with van der Waals surface area (Å²) in [5.74, 6) is 1.37. The topological polar surface area (TPSA) is 57.0 Å². The van der Waals surface area contributed by atoms with Crippen LogP contribution in [0.15, 0.2) is 130 Å². The monoisotopic (exact) mass is 946 g/mol. The molecule has 5 aromatic carbocycles.